The van der Waals surface area contributed by atoms with Gasteiger partial charge in [-0.15, -0.1) is 0 Å². The Kier molecular flexibility index (Phi) is 12.1. The molecule has 0 aliphatic heterocycles. The molecule has 2 aromatic heterocycles. The van der Waals surface area contributed by atoms with Gasteiger partial charge in [0, 0.05) is 50.1 Å². The maximum atomic E-state index is 14.3. The number of hydrogen-bond acceptors (Lipinski definition) is 8. The fraction of sp³-hybridized carbons (Fsp3) is 0.541. The number of nitrogens with zero attached hydrogens (tertiary/aromatic N) is 5. The normalized spacial score (nSPS) is 20.9. The van der Waals surface area contributed by atoms with Crippen molar-refractivity contribution in [1.29, 1.82) is 5.26 Å². The molecular weight excluding hydrogens is 608 g/mol. The van der Waals surface area contributed by atoms with Gasteiger partial charge in [0.25, 0.3) is 0 Å². The number of aromatic nitrogens is 3. The van der Waals surface area contributed by atoms with Crippen LogP contribution in [0.3, 0.4) is 0 Å². The minimum absolute atomic E-state index is 0.0801. The zero-order chi connectivity index (χ0) is 34.0. The third kappa shape index (κ3) is 8.72. The van der Waals surface area contributed by atoms with Crippen LogP contribution in [0, 0.1) is 23.2 Å². The molecule has 48 heavy (non-hydrogen) atoms. The Hall–Kier alpha value is -4.43. The minimum atomic E-state index is -0.445. The highest BCUT2D eigenvalue weighted by atomic mass is 16.6. The third-order valence-corrected chi connectivity index (χ3v) is 9.73. The molecule has 2 fully saturated rings. The van der Waals surface area contributed by atoms with Gasteiger partial charge in [-0.05, 0) is 112 Å². The van der Waals surface area contributed by atoms with Crippen molar-refractivity contribution < 1.29 is 23.8 Å². The van der Waals surface area contributed by atoms with Gasteiger partial charge in [-0.25, -0.2) is 9.78 Å². The summed E-state index contributed by atoms with van der Waals surface area (Å²) in [5.74, 6) is 1.85. The fourth-order valence-electron chi connectivity index (χ4n) is 6.91. The number of benzene rings is 1. The number of amides is 2. The minimum Gasteiger partial charge on any atom is -0.495 e. The zero-order valence-electron chi connectivity index (χ0n) is 28.6. The lowest BCUT2D eigenvalue weighted by Crippen LogP contribution is -2.42. The van der Waals surface area contributed by atoms with Gasteiger partial charge < -0.3 is 19.5 Å². The van der Waals surface area contributed by atoms with E-state index in [1.807, 2.05) is 46.2 Å². The molecule has 2 aliphatic rings. The second-order valence-electron chi connectivity index (χ2n) is 13.2. The van der Waals surface area contributed by atoms with Gasteiger partial charge in [-0.2, -0.15) is 10.4 Å². The second-order valence-corrected chi connectivity index (χ2v) is 13.2. The van der Waals surface area contributed by atoms with Crippen LogP contribution in [0.5, 0.6) is 5.75 Å². The highest BCUT2D eigenvalue weighted by Crippen LogP contribution is 2.39. The van der Waals surface area contributed by atoms with Crippen LogP contribution in [0.15, 0.2) is 48.9 Å². The lowest BCUT2D eigenvalue weighted by atomic mass is 9.78. The molecule has 0 radical (unpaired) electrons. The summed E-state index contributed by atoms with van der Waals surface area (Å²) >= 11 is 0. The van der Waals surface area contributed by atoms with Gasteiger partial charge in [0.05, 0.1) is 25.5 Å². The zero-order valence-corrected chi connectivity index (χ0v) is 28.6. The number of rotatable bonds is 12. The summed E-state index contributed by atoms with van der Waals surface area (Å²) in [6.45, 7) is 5.60. The summed E-state index contributed by atoms with van der Waals surface area (Å²) in [6, 6.07) is 12.4. The number of methoxy groups -OCH3 is 2. The molecule has 0 bridgehead atoms. The van der Waals surface area contributed by atoms with Crippen molar-refractivity contribution in [2.75, 3.05) is 38.8 Å². The van der Waals surface area contributed by atoms with Crippen molar-refractivity contribution in [3.05, 3.63) is 60.0 Å². The number of anilines is 1. The molecule has 2 amide bonds. The van der Waals surface area contributed by atoms with E-state index >= 15 is 0 Å². The number of ether oxygens (including phenoxy) is 3. The maximum absolute atomic E-state index is 14.3. The van der Waals surface area contributed by atoms with E-state index in [1.54, 1.807) is 20.4 Å². The van der Waals surface area contributed by atoms with E-state index in [0.717, 1.165) is 36.8 Å². The van der Waals surface area contributed by atoms with Crippen LogP contribution in [0.4, 0.5) is 10.6 Å². The maximum Gasteiger partial charge on any atom is 0.407 e. The summed E-state index contributed by atoms with van der Waals surface area (Å²) < 4.78 is 17.9. The summed E-state index contributed by atoms with van der Waals surface area (Å²) in [7, 11) is 3.17. The quantitative estimate of drug-likeness (QED) is 0.215. The Bertz CT molecular complexity index is 1570. The fourth-order valence-corrected chi connectivity index (χ4v) is 6.91. The van der Waals surface area contributed by atoms with E-state index in [1.165, 1.54) is 5.56 Å². The number of carbonyl (C=O) groups is 2. The van der Waals surface area contributed by atoms with Gasteiger partial charge in [0.15, 0.2) is 0 Å². The Balaban J connectivity index is 1.29. The van der Waals surface area contributed by atoms with Crippen LogP contribution < -0.4 is 15.0 Å². The summed E-state index contributed by atoms with van der Waals surface area (Å²) in [5, 5.41) is 16.8. The molecule has 11 heteroatoms. The van der Waals surface area contributed by atoms with E-state index in [9.17, 15) is 14.9 Å². The standard InChI is InChI=1S/C37H48N6O5/c1-25(2)43-24-32(22-41-43)30-15-16-39-35(20-30)42(36(44)28-9-12-33(13-10-28)48-37(45)40-17-18-46-3)23-26-5-7-27(8-6-26)29-11-14-34(47-4)31(19-29)21-38/h11,14-16,19-20,22,24-28,33H,5-10,12-13,17-18,23H2,1-4H3,(H,40,45). The van der Waals surface area contributed by atoms with E-state index < -0.39 is 6.09 Å². The lowest BCUT2D eigenvalue weighted by molar-refractivity contribution is -0.124. The van der Waals surface area contributed by atoms with Crippen LogP contribution in [0.1, 0.15) is 88.3 Å². The van der Waals surface area contributed by atoms with Crippen LogP contribution in [0.25, 0.3) is 11.1 Å². The molecule has 3 aromatic rings. The molecule has 1 aromatic carbocycles. The molecule has 0 atom stereocenters. The largest absolute Gasteiger partial charge is 0.495 e. The topological polar surface area (TPSA) is 132 Å². The first-order chi connectivity index (χ1) is 23.3. The van der Waals surface area contributed by atoms with Gasteiger partial charge in [-0.3, -0.25) is 14.4 Å². The van der Waals surface area contributed by atoms with Gasteiger partial charge >= 0.3 is 6.09 Å². The number of nitriles is 1. The van der Waals surface area contributed by atoms with Crippen LogP contribution >= 0.6 is 0 Å². The number of nitrogens with one attached hydrogen (secondary N) is 1. The predicted octanol–water partition coefficient (Wildman–Crippen LogP) is 6.64. The molecule has 0 unspecified atom stereocenters. The van der Waals surface area contributed by atoms with E-state index in [4.69, 9.17) is 19.2 Å². The summed E-state index contributed by atoms with van der Waals surface area (Å²) in [4.78, 5) is 33.1. The van der Waals surface area contributed by atoms with Crippen LogP contribution in [-0.2, 0) is 14.3 Å². The monoisotopic (exact) mass is 656 g/mol. The number of hydrogen-bond donors (Lipinski definition) is 1. The van der Waals surface area contributed by atoms with Gasteiger partial charge in [0.2, 0.25) is 5.91 Å². The molecule has 256 valence electrons. The number of carbonyl (C=O) groups excluding carboxylic acids is 2. The molecule has 0 spiro atoms. The summed E-state index contributed by atoms with van der Waals surface area (Å²) in [5.41, 5.74) is 3.68. The predicted molar refractivity (Wildman–Crippen MR) is 183 cm³/mol. The van der Waals surface area contributed by atoms with Crippen molar-refractivity contribution in [1.82, 2.24) is 20.1 Å². The van der Waals surface area contributed by atoms with Crippen LogP contribution in [-0.4, -0.2) is 66.8 Å². The Labute approximate surface area is 283 Å². The second kappa shape index (κ2) is 16.6. The molecular formula is C37H48N6O5. The lowest BCUT2D eigenvalue weighted by Gasteiger charge is -2.35. The summed E-state index contributed by atoms with van der Waals surface area (Å²) in [6.07, 6.45) is 11.5. The smallest absolute Gasteiger partial charge is 0.407 e. The van der Waals surface area contributed by atoms with Crippen molar-refractivity contribution in [3.63, 3.8) is 0 Å². The first kappa shape index (κ1) is 34.9. The first-order valence-electron chi connectivity index (χ1n) is 17.1. The molecule has 0 saturated heterocycles. The SMILES string of the molecule is COCCNC(=O)OC1CCC(C(=O)N(CC2CCC(c3ccc(OC)c(C#N)c3)CC2)c2cc(-c3cnn(C(C)C)c3)ccn2)CC1. The van der Waals surface area contributed by atoms with E-state index in [0.29, 0.717) is 74.3 Å². The molecule has 2 heterocycles. The average Bonchev–Trinajstić information content (AvgIpc) is 3.62. The molecule has 2 saturated carbocycles. The van der Waals surface area contributed by atoms with Crippen molar-refractivity contribution in [2.45, 2.75) is 83.3 Å². The Morgan fingerprint density at radius 3 is 2.48 bits per heavy atom. The molecule has 11 nitrogen and oxygen atoms in total. The van der Waals surface area contributed by atoms with Gasteiger partial charge in [-0.1, -0.05) is 6.07 Å². The van der Waals surface area contributed by atoms with Crippen molar-refractivity contribution >= 4 is 17.8 Å². The molecule has 1 N–H and O–H groups in total. The third-order valence-electron chi connectivity index (χ3n) is 9.73. The van der Waals surface area contributed by atoms with Crippen molar-refractivity contribution in [2.24, 2.45) is 11.8 Å². The van der Waals surface area contributed by atoms with E-state index in [2.05, 4.69) is 36.4 Å². The Morgan fingerprint density at radius 1 is 1.04 bits per heavy atom. The number of alkyl carbamates (subject to hydrolysis) is 1. The highest BCUT2D eigenvalue weighted by molar-refractivity contribution is 5.94. The van der Waals surface area contributed by atoms with Gasteiger partial charge in [0.1, 0.15) is 23.7 Å². The first-order valence-corrected chi connectivity index (χ1v) is 17.1. The number of pyridine rings is 1. The average molecular weight is 657 g/mol. The molecule has 2 aliphatic carbocycles. The van der Waals surface area contributed by atoms with Crippen LogP contribution in [0.2, 0.25) is 0 Å². The van der Waals surface area contributed by atoms with E-state index in [-0.39, 0.29) is 24.0 Å². The highest BCUT2D eigenvalue weighted by Gasteiger charge is 2.34. The molecule has 5 rings (SSSR count). The Morgan fingerprint density at radius 2 is 1.81 bits per heavy atom. The van der Waals surface area contributed by atoms with Crippen molar-refractivity contribution in [3.8, 4) is 22.9 Å².